The number of pyridine rings is 1. The Morgan fingerprint density at radius 2 is 1.61 bits per heavy atom. The molecule has 168 valence electrons. The van der Waals surface area contributed by atoms with Crippen LogP contribution in [0.3, 0.4) is 0 Å². The molecule has 1 N–H and O–H groups in total. The highest BCUT2D eigenvalue weighted by molar-refractivity contribution is 6.23. The van der Waals surface area contributed by atoms with Gasteiger partial charge in [-0.15, -0.1) is 0 Å². The van der Waals surface area contributed by atoms with E-state index in [2.05, 4.69) is 10.3 Å². The van der Waals surface area contributed by atoms with Crippen molar-refractivity contribution in [2.24, 2.45) is 0 Å². The molecule has 1 aliphatic rings. The Balaban J connectivity index is 1.74. The summed E-state index contributed by atoms with van der Waals surface area (Å²) in [4.78, 5) is 44.4. The summed E-state index contributed by atoms with van der Waals surface area (Å²) in [6.07, 6.45) is -0.613. The van der Waals surface area contributed by atoms with E-state index >= 15 is 4.39 Å². The molecule has 0 spiro atoms. The summed E-state index contributed by atoms with van der Waals surface area (Å²) in [6, 6.07) is 14.0. The smallest absolute Gasteiger partial charge is 0.262 e. The second-order valence-electron chi connectivity index (χ2n) is 8.26. The molecule has 0 fully saturated rings. The van der Waals surface area contributed by atoms with Crippen LogP contribution in [0.25, 0.3) is 0 Å². The van der Waals surface area contributed by atoms with Crippen LogP contribution >= 0.6 is 0 Å². The third-order valence-corrected chi connectivity index (χ3v) is 5.56. The minimum Gasteiger partial charge on any atom is -0.344 e. The first-order valence-electron chi connectivity index (χ1n) is 10.3. The van der Waals surface area contributed by atoms with Gasteiger partial charge in [-0.05, 0) is 55.8 Å². The van der Waals surface area contributed by atoms with Crippen molar-refractivity contribution in [3.63, 3.8) is 0 Å². The molecular weight excluding hydrogens is 428 g/mol. The number of carbonyl (C=O) groups excluding carboxylic acids is 3. The number of amides is 3. The van der Waals surface area contributed by atoms with E-state index in [0.717, 1.165) is 12.1 Å². The van der Waals surface area contributed by atoms with Crippen molar-refractivity contribution in [2.75, 3.05) is 0 Å². The Morgan fingerprint density at radius 3 is 2.18 bits per heavy atom. The van der Waals surface area contributed by atoms with Gasteiger partial charge in [0.05, 0.1) is 22.4 Å². The van der Waals surface area contributed by atoms with E-state index in [9.17, 15) is 18.8 Å². The van der Waals surface area contributed by atoms with Crippen molar-refractivity contribution in [2.45, 2.75) is 31.6 Å². The number of aromatic nitrogens is 1. The lowest BCUT2D eigenvalue weighted by Gasteiger charge is -2.33. The summed E-state index contributed by atoms with van der Waals surface area (Å²) in [6.45, 7) is 3.34. The number of nitrogens with zero attached hydrogens (tertiary/aromatic N) is 2. The van der Waals surface area contributed by atoms with Crippen molar-refractivity contribution < 1.29 is 23.2 Å². The number of halogens is 2. The van der Waals surface area contributed by atoms with E-state index in [4.69, 9.17) is 0 Å². The van der Waals surface area contributed by atoms with Crippen LogP contribution in [0.1, 0.15) is 52.0 Å². The Morgan fingerprint density at radius 1 is 0.970 bits per heavy atom. The largest absolute Gasteiger partial charge is 0.344 e. The van der Waals surface area contributed by atoms with Gasteiger partial charge in [-0.1, -0.05) is 30.3 Å². The van der Waals surface area contributed by atoms with Gasteiger partial charge in [-0.2, -0.15) is 0 Å². The van der Waals surface area contributed by atoms with Crippen LogP contribution in [0.2, 0.25) is 0 Å². The summed E-state index contributed by atoms with van der Waals surface area (Å²) in [7, 11) is 0. The molecule has 0 saturated heterocycles. The fourth-order valence-electron chi connectivity index (χ4n) is 3.88. The number of alkyl halides is 1. The lowest BCUT2D eigenvalue weighted by Crippen LogP contribution is -2.55. The van der Waals surface area contributed by atoms with Crippen molar-refractivity contribution in [1.29, 1.82) is 0 Å². The maximum atomic E-state index is 15.8. The first kappa shape index (κ1) is 22.3. The maximum absolute atomic E-state index is 15.8. The third-order valence-electron chi connectivity index (χ3n) is 5.56. The zero-order chi connectivity index (χ0) is 23.8. The lowest BCUT2D eigenvalue weighted by molar-refractivity contribution is -0.129. The molecule has 8 heteroatoms. The van der Waals surface area contributed by atoms with Gasteiger partial charge in [-0.3, -0.25) is 24.3 Å². The van der Waals surface area contributed by atoms with Gasteiger partial charge >= 0.3 is 0 Å². The van der Waals surface area contributed by atoms with E-state index in [1.54, 1.807) is 50.4 Å². The number of nitrogens with one attached hydrogen (secondary N) is 1. The molecule has 2 heterocycles. The molecule has 6 nitrogen and oxygen atoms in total. The fourth-order valence-corrected chi connectivity index (χ4v) is 3.88. The standard InChI is InChI=1S/C25H21F2N3O3/c1-25(2,19-12-5-6-13-28-19)29-22(31)21(20(27)15-8-7-9-16(26)14-15)30-23(32)17-10-3-4-11-18(17)24(30)33/h3-14,20-21H,1-2H3,(H,29,31)/t20-,21-/m0/s1. The van der Waals surface area contributed by atoms with Gasteiger partial charge in [0.1, 0.15) is 5.82 Å². The van der Waals surface area contributed by atoms with Crippen LogP contribution in [0, 0.1) is 5.82 Å². The number of carbonyl (C=O) groups is 3. The number of imide groups is 1. The molecule has 33 heavy (non-hydrogen) atoms. The second kappa shape index (κ2) is 8.54. The van der Waals surface area contributed by atoms with Gasteiger partial charge in [-0.25, -0.2) is 8.78 Å². The predicted molar refractivity (Wildman–Crippen MR) is 116 cm³/mol. The summed E-state index contributed by atoms with van der Waals surface area (Å²) >= 11 is 0. The van der Waals surface area contributed by atoms with Crippen molar-refractivity contribution in [3.05, 3.63) is 101 Å². The molecule has 1 aliphatic heterocycles. The van der Waals surface area contributed by atoms with Gasteiger partial charge in [0, 0.05) is 6.20 Å². The van der Waals surface area contributed by atoms with E-state index in [0.29, 0.717) is 10.6 Å². The summed E-state index contributed by atoms with van der Waals surface area (Å²) in [5.74, 6) is -3.18. The van der Waals surface area contributed by atoms with Gasteiger partial charge in [0.15, 0.2) is 12.2 Å². The van der Waals surface area contributed by atoms with Crippen LogP contribution in [-0.2, 0) is 10.3 Å². The molecule has 2 atom stereocenters. The molecule has 2 aromatic carbocycles. The van der Waals surface area contributed by atoms with Crippen LogP contribution < -0.4 is 5.32 Å². The third kappa shape index (κ3) is 4.11. The second-order valence-corrected chi connectivity index (χ2v) is 8.26. The number of hydrogen-bond donors (Lipinski definition) is 1. The van der Waals surface area contributed by atoms with E-state index in [-0.39, 0.29) is 16.7 Å². The van der Waals surface area contributed by atoms with E-state index in [1.807, 2.05) is 0 Å². The van der Waals surface area contributed by atoms with Crippen molar-refractivity contribution >= 4 is 17.7 Å². The van der Waals surface area contributed by atoms with Crippen LogP contribution in [0.5, 0.6) is 0 Å². The highest BCUT2D eigenvalue weighted by Gasteiger charge is 2.47. The van der Waals surface area contributed by atoms with Crippen LogP contribution in [-0.4, -0.2) is 33.6 Å². The van der Waals surface area contributed by atoms with Crippen LogP contribution in [0.15, 0.2) is 72.9 Å². The summed E-state index contributed by atoms with van der Waals surface area (Å²) in [5, 5.41) is 2.70. The molecule has 0 aliphatic carbocycles. The highest BCUT2D eigenvalue weighted by Crippen LogP contribution is 2.33. The molecule has 3 amide bonds. The van der Waals surface area contributed by atoms with Crippen LogP contribution in [0.4, 0.5) is 8.78 Å². The van der Waals surface area contributed by atoms with Gasteiger partial charge in [0.25, 0.3) is 11.8 Å². The topological polar surface area (TPSA) is 79.4 Å². The molecule has 0 unspecified atom stereocenters. The molecule has 0 radical (unpaired) electrons. The maximum Gasteiger partial charge on any atom is 0.262 e. The average molecular weight is 449 g/mol. The first-order valence-corrected chi connectivity index (χ1v) is 10.3. The van der Waals surface area contributed by atoms with Gasteiger partial charge < -0.3 is 5.32 Å². The molecule has 4 rings (SSSR count). The fraction of sp³-hybridized carbons (Fsp3) is 0.200. The quantitative estimate of drug-likeness (QED) is 0.578. The molecule has 0 bridgehead atoms. The number of benzene rings is 2. The van der Waals surface area contributed by atoms with E-state index < -0.39 is 41.3 Å². The first-order chi connectivity index (χ1) is 15.7. The number of fused-ring (bicyclic) bond motifs is 1. The molecular formula is C25H21F2N3O3. The Kier molecular flexibility index (Phi) is 5.76. The summed E-state index contributed by atoms with van der Waals surface area (Å²) in [5.41, 5.74) is -0.550. The zero-order valence-electron chi connectivity index (χ0n) is 18.0. The average Bonchev–Trinajstić information content (AvgIpc) is 3.05. The normalized spacial score (nSPS) is 15.2. The Hall–Kier alpha value is -3.94. The molecule has 3 aromatic rings. The van der Waals surface area contributed by atoms with E-state index in [1.165, 1.54) is 24.3 Å². The molecule has 0 saturated carbocycles. The monoisotopic (exact) mass is 449 g/mol. The van der Waals surface area contributed by atoms with Gasteiger partial charge in [0.2, 0.25) is 5.91 Å². The highest BCUT2D eigenvalue weighted by atomic mass is 19.1. The SMILES string of the molecule is CC(C)(NC(=O)[C@H]([C@@H](F)c1cccc(F)c1)N1C(=O)c2ccccc2C1=O)c1ccccn1. The minimum absolute atomic E-state index is 0.0794. The number of rotatable bonds is 6. The van der Waals surface area contributed by atoms with Crippen molar-refractivity contribution in [1.82, 2.24) is 15.2 Å². The Bertz CT molecular complexity index is 1200. The summed E-state index contributed by atoms with van der Waals surface area (Å²) < 4.78 is 29.6. The molecule has 1 aromatic heterocycles. The zero-order valence-corrected chi connectivity index (χ0v) is 18.0. The Labute approximate surface area is 189 Å². The number of hydrogen-bond acceptors (Lipinski definition) is 4. The predicted octanol–water partition coefficient (Wildman–Crippen LogP) is 3.95. The lowest BCUT2D eigenvalue weighted by atomic mass is 9.96. The minimum atomic E-state index is -2.16. The van der Waals surface area contributed by atoms with Crippen molar-refractivity contribution in [3.8, 4) is 0 Å².